The molecule has 0 amide bonds. The van der Waals surface area contributed by atoms with E-state index in [0.29, 0.717) is 0 Å². The third-order valence-electron chi connectivity index (χ3n) is 11.3. The maximum atomic E-state index is 2.38. The predicted molar refractivity (Wildman–Crippen MR) is 251 cm³/mol. The molecule has 0 aliphatic rings. The Hall–Kier alpha value is -7.74. The number of anilines is 3. The molecule has 278 valence electrons. The van der Waals surface area contributed by atoms with Crippen molar-refractivity contribution in [2.75, 3.05) is 4.90 Å². The number of hydrogen-bond acceptors (Lipinski definition) is 1. The molecule has 0 aliphatic heterocycles. The van der Waals surface area contributed by atoms with E-state index >= 15 is 0 Å². The maximum absolute atomic E-state index is 2.38. The van der Waals surface area contributed by atoms with Crippen molar-refractivity contribution in [1.82, 2.24) is 0 Å². The lowest BCUT2D eigenvalue weighted by atomic mass is 9.93. The monoisotopic (exact) mass is 751 g/mol. The summed E-state index contributed by atoms with van der Waals surface area (Å²) in [6.45, 7) is 0. The Kier molecular flexibility index (Phi) is 9.68. The van der Waals surface area contributed by atoms with E-state index in [0.717, 1.165) is 17.1 Å². The van der Waals surface area contributed by atoms with Gasteiger partial charge in [0.25, 0.3) is 0 Å². The molecule has 0 bridgehead atoms. The van der Waals surface area contributed by atoms with E-state index in [9.17, 15) is 0 Å². The lowest BCUT2D eigenvalue weighted by Crippen LogP contribution is -2.10. The van der Waals surface area contributed by atoms with Gasteiger partial charge in [-0.2, -0.15) is 0 Å². The fourth-order valence-electron chi connectivity index (χ4n) is 8.30. The Balaban J connectivity index is 1.10. The lowest BCUT2D eigenvalue weighted by Gasteiger charge is -2.27. The SMILES string of the molecule is c1ccc(-c2cc(-c3ccccc3)cc(-c3ccc(N(c4ccc(-c5cccc6ccccc56)cc4)c4ccc(-c5ccccc5)c(-c5ccccc5)c4)cc3)c2)cc1. The van der Waals surface area contributed by atoms with Gasteiger partial charge in [0.15, 0.2) is 0 Å². The molecule has 1 nitrogen and oxygen atoms in total. The van der Waals surface area contributed by atoms with Crippen LogP contribution in [-0.4, -0.2) is 0 Å². The van der Waals surface area contributed by atoms with Gasteiger partial charge in [-0.15, -0.1) is 0 Å². The highest BCUT2D eigenvalue weighted by atomic mass is 15.1. The molecule has 0 atom stereocenters. The summed E-state index contributed by atoms with van der Waals surface area (Å²) in [5.41, 5.74) is 17.6. The summed E-state index contributed by atoms with van der Waals surface area (Å²) in [4.78, 5) is 2.38. The molecule has 0 unspecified atom stereocenters. The van der Waals surface area contributed by atoms with Crippen LogP contribution >= 0.6 is 0 Å². The van der Waals surface area contributed by atoms with Crippen molar-refractivity contribution >= 4 is 27.8 Å². The van der Waals surface area contributed by atoms with Crippen LogP contribution in [-0.2, 0) is 0 Å². The Morgan fingerprint density at radius 2 is 0.593 bits per heavy atom. The van der Waals surface area contributed by atoms with Crippen LogP contribution in [0.1, 0.15) is 0 Å². The quantitative estimate of drug-likeness (QED) is 0.142. The summed E-state index contributed by atoms with van der Waals surface area (Å²) < 4.78 is 0. The molecule has 0 radical (unpaired) electrons. The van der Waals surface area contributed by atoms with E-state index < -0.39 is 0 Å². The second-order valence-electron chi connectivity index (χ2n) is 14.9. The number of nitrogens with zero attached hydrogens (tertiary/aromatic N) is 1. The predicted octanol–water partition coefficient (Wildman–Crippen LogP) is 16.3. The molecule has 0 spiro atoms. The lowest BCUT2D eigenvalue weighted by molar-refractivity contribution is 1.28. The third-order valence-corrected chi connectivity index (χ3v) is 11.3. The molecule has 0 saturated carbocycles. The molecule has 0 fully saturated rings. The van der Waals surface area contributed by atoms with Crippen molar-refractivity contribution in [3.8, 4) is 66.8 Å². The van der Waals surface area contributed by atoms with Crippen LogP contribution < -0.4 is 4.90 Å². The van der Waals surface area contributed by atoms with Crippen LogP contribution in [0.15, 0.2) is 249 Å². The van der Waals surface area contributed by atoms with Gasteiger partial charge in [0.2, 0.25) is 0 Å². The molecule has 0 aromatic heterocycles. The van der Waals surface area contributed by atoms with Crippen LogP contribution in [0.25, 0.3) is 77.5 Å². The zero-order chi connectivity index (χ0) is 39.4. The van der Waals surface area contributed by atoms with Gasteiger partial charge in [-0.3, -0.25) is 0 Å². The van der Waals surface area contributed by atoms with Crippen molar-refractivity contribution in [3.05, 3.63) is 249 Å². The summed E-state index contributed by atoms with van der Waals surface area (Å²) in [6, 6.07) is 89.8. The van der Waals surface area contributed by atoms with Crippen molar-refractivity contribution in [1.29, 1.82) is 0 Å². The van der Waals surface area contributed by atoms with Gasteiger partial charge < -0.3 is 4.90 Å². The van der Waals surface area contributed by atoms with Crippen molar-refractivity contribution in [2.45, 2.75) is 0 Å². The number of hydrogen-bond donors (Lipinski definition) is 0. The minimum atomic E-state index is 1.08. The summed E-state index contributed by atoms with van der Waals surface area (Å²) in [7, 11) is 0. The van der Waals surface area contributed by atoms with E-state index in [-0.39, 0.29) is 0 Å². The molecule has 10 aromatic carbocycles. The molecule has 0 aliphatic carbocycles. The topological polar surface area (TPSA) is 3.24 Å². The van der Waals surface area contributed by atoms with Gasteiger partial charge in [0.05, 0.1) is 0 Å². The third kappa shape index (κ3) is 7.34. The average Bonchev–Trinajstić information content (AvgIpc) is 3.33. The van der Waals surface area contributed by atoms with E-state index in [4.69, 9.17) is 0 Å². The first-order chi connectivity index (χ1) is 29.2. The van der Waals surface area contributed by atoms with Gasteiger partial charge in [-0.25, -0.2) is 0 Å². The van der Waals surface area contributed by atoms with Crippen LogP contribution in [0.2, 0.25) is 0 Å². The fraction of sp³-hybridized carbons (Fsp3) is 0. The highest BCUT2D eigenvalue weighted by molar-refractivity contribution is 5.97. The van der Waals surface area contributed by atoms with Gasteiger partial charge in [0, 0.05) is 17.1 Å². The fourth-order valence-corrected chi connectivity index (χ4v) is 8.30. The van der Waals surface area contributed by atoms with Crippen molar-refractivity contribution < 1.29 is 0 Å². The second kappa shape index (κ2) is 16.0. The summed E-state index contributed by atoms with van der Waals surface area (Å²) >= 11 is 0. The molecule has 59 heavy (non-hydrogen) atoms. The minimum absolute atomic E-state index is 1.08. The van der Waals surface area contributed by atoms with Crippen LogP contribution in [0.5, 0.6) is 0 Å². The number of rotatable bonds is 9. The average molecular weight is 752 g/mol. The van der Waals surface area contributed by atoms with Crippen LogP contribution in [0.4, 0.5) is 17.1 Å². The highest BCUT2D eigenvalue weighted by Crippen LogP contribution is 2.42. The molecular formula is C58H41N. The Labute approximate surface area is 346 Å². The zero-order valence-electron chi connectivity index (χ0n) is 32.6. The number of fused-ring (bicyclic) bond motifs is 1. The first-order valence-electron chi connectivity index (χ1n) is 20.2. The van der Waals surface area contributed by atoms with Gasteiger partial charge >= 0.3 is 0 Å². The van der Waals surface area contributed by atoms with E-state index in [1.54, 1.807) is 0 Å². The summed E-state index contributed by atoms with van der Waals surface area (Å²) in [6.07, 6.45) is 0. The minimum Gasteiger partial charge on any atom is -0.310 e. The van der Waals surface area contributed by atoms with E-state index in [1.165, 1.54) is 77.5 Å². The van der Waals surface area contributed by atoms with E-state index in [1.807, 2.05) is 0 Å². The van der Waals surface area contributed by atoms with Crippen LogP contribution in [0, 0.1) is 0 Å². The van der Waals surface area contributed by atoms with Crippen LogP contribution in [0.3, 0.4) is 0 Å². The molecule has 0 N–H and O–H groups in total. The molecular weight excluding hydrogens is 711 g/mol. The van der Waals surface area contributed by atoms with Gasteiger partial charge in [-0.1, -0.05) is 194 Å². The first kappa shape index (κ1) is 35.7. The maximum Gasteiger partial charge on any atom is 0.0468 e. The normalized spacial score (nSPS) is 11.1. The molecule has 10 aromatic rings. The Morgan fingerprint density at radius 3 is 1.14 bits per heavy atom. The first-order valence-corrected chi connectivity index (χ1v) is 20.2. The summed E-state index contributed by atoms with van der Waals surface area (Å²) in [5, 5.41) is 2.50. The van der Waals surface area contributed by atoms with E-state index in [2.05, 4.69) is 254 Å². The number of benzene rings is 10. The largest absolute Gasteiger partial charge is 0.310 e. The smallest absolute Gasteiger partial charge is 0.0468 e. The molecule has 0 saturated heterocycles. The standard InChI is InChI=1S/C58H41N/c1-5-16-42(17-6-1)49-38-50(43-18-7-2-8-19-43)40-51(39-49)44-28-32-52(33-29-44)59(53-34-30-48(31-35-53)56-27-15-25-46-24-13-14-26-55(46)56)54-36-37-57(45-20-9-3-10-21-45)58(41-54)47-22-11-4-12-23-47/h1-41H. The van der Waals surface area contributed by atoms with Gasteiger partial charge in [0.1, 0.15) is 0 Å². The molecule has 1 heteroatoms. The molecule has 10 rings (SSSR count). The van der Waals surface area contributed by atoms with Crippen molar-refractivity contribution in [3.63, 3.8) is 0 Å². The Bertz CT molecular complexity index is 2930. The summed E-state index contributed by atoms with van der Waals surface area (Å²) in [5.74, 6) is 0. The highest BCUT2D eigenvalue weighted by Gasteiger charge is 2.18. The molecule has 0 heterocycles. The Morgan fingerprint density at radius 1 is 0.203 bits per heavy atom. The van der Waals surface area contributed by atoms with Crippen molar-refractivity contribution in [2.24, 2.45) is 0 Å². The second-order valence-corrected chi connectivity index (χ2v) is 14.9. The zero-order valence-corrected chi connectivity index (χ0v) is 32.6. The van der Waals surface area contributed by atoms with Gasteiger partial charge in [-0.05, 0) is 132 Å².